The van der Waals surface area contributed by atoms with Gasteiger partial charge in [0.2, 0.25) is 10.0 Å². The van der Waals surface area contributed by atoms with E-state index in [2.05, 4.69) is 11.2 Å². The largest absolute Gasteiger partial charge is 0.257 e. The van der Waals surface area contributed by atoms with Crippen LogP contribution >= 0.6 is 0 Å². The van der Waals surface area contributed by atoms with E-state index >= 15 is 0 Å². The zero-order chi connectivity index (χ0) is 18.0. The molecule has 0 aliphatic heterocycles. The van der Waals surface area contributed by atoms with Crippen LogP contribution in [0, 0.1) is 18.3 Å². The van der Waals surface area contributed by atoms with Gasteiger partial charge in [-0.3, -0.25) is 4.68 Å². The van der Waals surface area contributed by atoms with Gasteiger partial charge in [-0.2, -0.15) is 10.4 Å². The summed E-state index contributed by atoms with van der Waals surface area (Å²) in [4.78, 5) is 0.0459. The number of nitrogens with two attached hydrogens (primary N) is 1. The van der Waals surface area contributed by atoms with Gasteiger partial charge in [0.1, 0.15) is 12.2 Å². The fraction of sp³-hybridized carbons (Fsp3) is 0.111. The van der Waals surface area contributed by atoms with Gasteiger partial charge in [-0.25, -0.2) is 13.6 Å². The second-order valence-electron chi connectivity index (χ2n) is 5.68. The summed E-state index contributed by atoms with van der Waals surface area (Å²) in [6.07, 6.45) is 1.82. The summed E-state index contributed by atoms with van der Waals surface area (Å²) in [5.41, 5.74) is 4.42. The van der Waals surface area contributed by atoms with Gasteiger partial charge in [0.25, 0.3) is 0 Å². The molecule has 0 saturated heterocycles. The lowest BCUT2D eigenvalue weighted by molar-refractivity contribution is 0.598. The molecule has 3 aromatic rings. The Hall–Kier alpha value is -2.95. The van der Waals surface area contributed by atoms with Gasteiger partial charge in [-0.15, -0.1) is 0 Å². The molecule has 6 nitrogen and oxygen atoms in total. The summed E-state index contributed by atoms with van der Waals surface area (Å²) in [7, 11) is -3.74. The van der Waals surface area contributed by atoms with E-state index in [-0.39, 0.29) is 11.4 Å². The van der Waals surface area contributed by atoms with Crippen LogP contribution in [0.15, 0.2) is 59.6 Å². The molecular weight excluding hydrogens is 336 g/mol. The first-order valence-electron chi connectivity index (χ1n) is 7.53. The number of primary sulfonamides is 1. The highest BCUT2D eigenvalue weighted by atomic mass is 32.2. The molecule has 2 N–H and O–H groups in total. The summed E-state index contributed by atoms with van der Waals surface area (Å²) in [5.74, 6) is 0. The van der Waals surface area contributed by atoms with Crippen molar-refractivity contribution in [2.24, 2.45) is 5.14 Å². The zero-order valence-corrected chi connectivity index (χ0v) is 14.4. The Morgan fingerprint density at radius 2 is 1.68 bits per heavy atom. The normalized spacial score (nSPS) is 11.2. The summed E-state index contributed by atoms with van der Waals surface area (Å²) >= 11 is 0. The summed E-state index contributed by atoms with van der Waals surface area (Å²) < 4.78 is 24.4. The van der Waals surface area contributed by atoms with Crippen molar-refractivity contribution in [3.63, 3.8) is 0 Å². The maximum Gasteiger partial charge on any atom is 0.238 e. The molecule has 0 amide bonds. The van der Waals surface area contributed by atoms with Gasteiger partial charge in [0, 0.05) is 17.3 Å². The van der Waals surface area contributed by atoms with Gasteiger partial charge >= 0.3 is 0 Å². The van der Waals surface area contributed by atoms with E-state index < -0.39 is 10.0 Å². The molecule has 0 fully saturated rings. The first-order valence-corrected chi connectivity index (χ1v) is 9.08. The number of nitrogens with zero attached hydrogens (tertiary/aromatic N) is 3. The van der Waals surface area contributed by atoms with Crippen LogP contribution in [0.25, 0.3) is 22.4 Å². The van der Waals surface area contributed by atoms with E-state index in [9.17, 15) is 8.42 Å². The van der Waals surface area contributed by atoms with Gasteiger partial charge < -0.3 is 0 Å². The minimum Gasteiger partial charge on any atom is -0.257 e. The Bertz CT molecular complexity index is 1040. The third-order valence-electron chi connectivity index (χ3n) is 3.81. The van der Waals surface area contributed by atoms with Crippen molar-refractivity contribution in [2.75, 3.05) is 0 Å². The van der Waals surface area contributed by atoms with Crippen molar-refractivity contribution in [1.29, 1.82) is 5.26 Å². The SMILES string of the molecule is Cc1ccc(-c2cn(CC#N)nc2-c2ccc(S(N)(=O)=O)cc2)cc1. The summed E-state index contributed by atoms with van der Waals surface area (Å²) in [5, 5.41) is 18.5. The molecule has 0 aliphatic rings. The summed E-state index contributed by atoms with van der Waals surface area (Å²) in [6.45, 7) is 2.14. The highest BCUT2D eigenvalue weighted by Crippen LogP contribution is 2.31. The number of rotatable bonds is 4. The van der Waals surface area contributed by atoms with E-state index in [0.717, 1.165) is 22.3 Å². The molecular formula is C18H16N4O2S. The van der Waals surface area contributed by atoms with Crippen molar-refractivity contribution < 1.29 is 8.42 Å². The molecule has 126 valence electrons. The van der Waals surface area contributed by atoms with E-state index in [1.807, 2.05) is 37.4 Å². The van der Waals surface area contributed by atoms with Crippen molar-refractivity contribution in [3.05, 3.63) is 60.3 Å². The molecule has 0 atom stereocenters. The zero-order valence-electron chi connectivity index (χ0n) is 13.5. The third-order valence-corrected chi connectivity index (χ3v) is 4.74. The molecule has 25 heavy (non-hydrogen) atoms. The number of nitriles is 1. The van der Waals surface area contributed by atoms with E-state index in [4.69, 9.17) is 10.4 Å². The number of sulfonamides is 1. The first-order chi connectivity index (χ1) is 11.9. The smallest absolute Gasteiger partial charge is 0.238 e. The van der Waals surface area contributed by atoms with Crippen LogP contribution in [0.5, 0.6) is 0 Å². The van der Waals surface area contributed by atoms with Crippen molar-refractivity contribution in [3.8, 4) is 28.5 Å². The van der Waals surface area contributed by atoms with Crippen LogP contribution in [0.4, 0.5) is 0 Å². The predicted octanol–water partition coefficient (Wildman–Crippen LogP) is 2.70. The van der Waals surface area contributed by atoms with Crippen LogP contribution in [-0.2, 0) is 16.6 Å². The van der Waals surface area contributed by atoms with E-state index in [1.165, 1.54) is 12.1 Å². The number of aromatic nitrogens is 2. The lowest BCUT2D eigenvalue weighted by Crippen LogP contribution is -2.11. The topological polar surface area (TPSA) is 102 Å². The molecule has 1 heterocycles. The molecule has 0 aliphatic carbocycles. The Morgan fingerprint density at radius 1 is 1.08 bits per heavy atom. The molecule has 0 radical (unpaired) electrons. The molecule has 1 aromatic heterocycles. The van der Waals surface area contributed by atoms with Crippen molar-refractivity contribution in [1.82, 2.24) is 9.78 Å². The Kier molecular flexibility index (Phi) is 4.40. The third kappa shape index (κ3) is 3.60. The molecule has 0 spiro atoms. The second kappa shape index (κ2) is 6.51. The monoisotopic (exact) mass is 352 g/mol. The molecule has 0 bridgehead atoms. The average molecular weight is 352 g/mol. The van der Waals surface area contributed by atoms with Gasteiger partial charge in [0.15, 0.2) is 0 Å². The lowest BCUT2D eigenvalue weighted by Gasteiger charge is -2.04. The fourth-order valence-electron chi connectivity index (χ4n) is 2.53. The maximum atomic E-state index is 11.4. The first kappa shape index (κ1) is 16.9. The van der Waals surface area contributed by atoms with Crippen LogP contribution in [0.1, 0.15) is 5.56 Å². The minimum atomic E-state index is -3.74. The molecule has 3 rings (SSSR count). The van der Waals surface area contributed by atoms with E-state index in [1.54, 1.807) is 16.8 Å². The van der Waals surface area contributed by atoms with Crippen LogP contribution in [-0.4, -0.2) is 18.2 Å². The lowest BCUT2D eigenvalue weighted by atomic mass is 10.0. The number of hydrogen-bond donors (Lipinski definition) is 1. The highest BCUT2D eigenvalue weighted by Gasteiger charge is 2.14. The molecule has 2 aromatic carbocycles. The van der Waals surface area contributed by atoms with Crippen LogP contribution in [0.3, 0.4) is 0 Å². The standard InChI is InChI=1S/C18H16N4O2S/c1-13-2-4-14(5-3-13)17-12-22(11-10-19)21-18(17)15-6-8-16(9-7-15)25(20,23)24/h2-9,12H,11H2,1H3,(H2,20,23,24). The van der Waals surface area contributed by atoms with Crippen molar-refractivity contribution >= 4 is 10.0 Å². The van der Waals surface area contributed by atoms with E-state index in [0.29, 0.717) is 5.69 Å². The average Bonchev–Trinajstić information content (AvgIpc) is 2.99. The van der Waals surface area contributed by atoms with Gasteiger partial charge in [-0.05, 0) is 24.6 Å². The Balaban J connectivity index is 2.11. The Morgan fingerprint density at radius 3 is 2.24 bits per heavy atom. The maximum absolute atomic E-state index is 11.4. The summed E-state index contributed by atoms with van der Waals surface area (Å²) in [6, 6.07) is 16.3. The predicted molar refractivity (Wildman–Crippen MR) is 94.8 cm³/mol. The Labute approximate surface area is 146 Å². The number of benzene rings is 2. The molecule has 0 unspecified atom stereocenters. The highest BCUT2D eigenvalue weighted by molar-refractivity contribution is 7.89. The van der Waals surface area contributed by atoms with Crippen LogP contribution in [0.2, 0.25) is 0 Å². The van der Waals surface area contributed by atoms with Gasteiger partial charge in [-0.1, -0.05) is 42.0 Å². The van der Waals surface area contributed by atoms with Gasteiger partial charge in [0.05, 0.1) is 11.0 Å². The molecule has 7 heteroatoms. The minimum absolute atomic E-state index is 0.0459. The van der Waals surface area contributed by atoms with Crippen molar-refractivity contribution in [2.45, 2.75) is 18.4 Å². The second-order valence-corrected chi connectivity index (χ2v) is 7.24. The van der Waals surface area contributed by atoms with Crippen LogP contribution < -0.4 is 5.14 Å². The number of hydrogen-bond acceptors (Lipinski definition) is 4. The number of aryl methyl sites for hydroxylation is 1. The fourth-order valence-corrected chi connectivity index (χ4v) is 3.05. The quantitative estimate of drug-likeness (QED) is 0.780. The molecule has 0 saturated carbocycles.